The molecule has 124 valence electrons. The quantitative estimate of drug-likeness (QED) is 0.663. The van der Waals surface area contributed by atoms with Crippen LogP contribution in [0, 0.1) is 11.6 Å². The predicted octanol–water partition coefficient (Wildman–Crippen LogP) is 3.99. The lowest BCUT2D eigenvalue weighted by atomic mass is 9.93. The van der Waals surface area contributed by atoms with E-state index in [9.17, 15) is 8.78 Å². The zero-order valence-electron chi connectivity index (χ0n) is 12.4. The highest BCUT2D eigenvalue weighted by atomic mass is 35.5. The Bertz CT molecular complexity index is 885. The largest absolute Gasteiger partial charge is 0.351 e. The van der Waals surface area contributed by atoms with Crippen LogP contribution in [0.5, 0.6) is 0 Å². The fourth-order valence-electron chi connectivity index (χ4n) is 2.45. The molecule has 0 amide bonds. The maximum Gasteiger partial charge on any atom is 0.225 e. The Labute approximate surface area is 140 Å². The Kier molecular flexibility index (Phi) is 3.68. The number of hydrogen-bond donors (Lipinski definition) is 3. The van der Waals surface area contributed by atoms with Gasteiger partial charge in [-0.3, -0.25) is 0 Å². The molecule has 1 saturated carbocycles. The second kappa shape index (κ2) is 5.86. The minimum Gasteiger partial charge on any atom is -0.351 e. The highest BCUT2D eigenvalue weighted by molar-refractivity contribution is 6.30. The minimum absolute atomic E-state index is 0.0160. The number of rotatable bonds is 4. The fraction of sp³-hybridized carbons (Fsp3) is 0.267. The van der Waals surface area contributed by atoms with Crippen molar-refractivity contribution in [2.75, 3.05) is 10.6 Å². The fourth-order valence-corrected chi connectivity index (χ4v) is 2.64. The standard InChI is InChI=1S/C15H13ClF2N6/c16-7-4-9(17)12(10(18)5-7)22-15-21-11-6-19-14(23-13(11)24-15)20-8-2-1-3-8/h4-6,8H,1-3H2,(H3,19,20,21,22,23,24). The Balaban J connectivity index is 1.60. The van der Waals surface area contributed by atoms with Crippen molar-refractivity contribution < 1.29 is 8.78 Å². The van der Waals surface area contributed by atoms with Crippen LogP contribution in [0.3, 0.4) is 0 Å². The summed E-state index contributed by atoms with van der Waals surface area (Å²) in [5.74, 6) is -0.952. The molecule has 1 fully saturated rings. The van der Waals surface area contributed by atoms with Crippen molar-refractivity contribution in [3.8, 4) is 0 Å². The molecule has 0 spiro atoms. The molecule has 9 heteroatoms. The van der Waals surface area contributed by atoms with Gasteiger partial charge in [-0.1, -0.05) is 11.6 Å². The lowest BCUT2D eigenvalue weighted by molar-refractivity contribution is 0.443. The second-order valence-electron chi connectivity index (χ2n) is 5.66. The molecule has 2 aromatic heterocycles. The first-order valence-corrected chi connectivity index (χ1v) is 7.87. The molecule has 0 unspecified atom stereocenters. The van der Waals surface area contributed by atoms with Gasteiger partial charge in [-0.05, 0) is 31.4 Å². The third-order valence-corrected chi connectivity index (χ3v) is 4.15. The monoisotopic (exact) mass is 350 g/mol. The van der Waals surface area contributed by atoms with E-state index in [2.05, 4.69) is 30.6 Å². The van der Waals surface area contributed by atoms with Gasteiger partial charge in [0.25, 0.3) is 0 Å². The summed E-state index contributed by atoms with van der Waals surface area (Å²) >= 11 is 5.61. The van der Waals surface area contributed by atoms with Crippen LogP contribution in [0.1, 0.15) is 19.3 Å². The summed E-state index contributed by atoms with van der Waals surface area (Å²) in [6.45, 7) is 0. The molecule has 0 saturated heterocycles. The molecule has 1 aliphatic carbocycles. The van der Waals surface area contributed by atoms with E-state index in [1.165, 1.54) is 6.42 Å². The van der Waals surface area contributed by atoms with Crippen molar-refractivity contribution in [1.82, 2.24) is 19.9 Å². The summed E-state index contributed by atoms with van der Waals surface area (Å²) < 4.78 is 27.7. The van der Waals surface area contributed by atoms with Crippen LogP contribution in [-0.4, -0.2) is 26.0 Å². The van der Waals surface area contributed by atoms with Crippen LogP contribution in [0.4, 0.5) is 26.4 Å². The van der Waals surface area contributed by atoms with Crippen LogP contribution in [-0.2, 0) is 0 Å². The first-order valence-electron chi connectivity index (χ1n) is 7.49. The van der Waals surface area contributed by atoms with Gasteiger partial charge in [0.05, 0.1) is 6.20 Å². The lowest BCUT2D eigenvalue weighted by Gasteiger charge is -2.26. The molecular formula is C15H13ClF2N6. The zero-order valence-corrected chi connectivity index (χ0v) is 13.2. The first kappa shape index (κ1) is 15.1. The number of halogens is 3. The Morgan fingerprint density at radius 1 is 1.17 bits per heavy atom. The number of anilines is 3. The van der Waals surface area contributed by atoms with Gasteiger partial charge in [0.15, 0.2) is 17.3 Å². The third kappa shape index (κ3) is 2.84. The summed E-state index contributed by atoms with van der Waals surface area (Å²) in [5.41, 5.74) is 0.634. The van der Waals surface area contributed by atoms with Crippen LogP contribution in [0.25, 0.3) is 11.2 Å². The molecule has 6 nitrogen and oxygen atoms in total. The van der Waals surface area contributed by atoms with Crippen molar-refractivity contribution in [2.24, 2.45) is 0 Å². The third-order valence-electron chi connectivity index (χ3n) is 3.93. The molecule has 0 bridgehead atoms. The van der Waals surface area contributed by atoms with E-state index in [1.807, 2.05) is 0 Å². The van der Waals surface area contributed by atoms with Crippen LogP contribution >= 0.6 is 11.6 Å². The average molecular weight is 351 g/mol. The maximum atomic E-state index is 13.8. The Morgan fingerprint density at radius 2 is 1.92 bits per heavy atom. The smallest absolute Gasteiger partial charge is 0.225 e. The summed E-state index contributed by atoms with van der Waals surface area (Å²) in [4.78, 5) is 15.6. The minimum atomic E-state index is -0.807. The van der Waals surface area contributed by atoms with E-state index in [0.29, 0.717) is 23.2 Å². The van der Waals surface area contributed by atoms with Gasteiger partial charge in [0.2, 0.25) is 11.9 Å². The number of fused-ring (bicyclic) bond motifs is 1. The van der Waals surface area contributed by atoms with Crippen molar-refractivity contribution in [1.29, 1.82) is 0 Å². The van der Waals surface area contributed by atoms with Crippen molar-refractivity contribution in [2.45, 2.75) is 25.3 Å². The molecule has 2 heterocycles. The van der Waals surface area contributed by atoms with Gasteiger partial charge < -0.3 is 15.6 Å². The number of aromatic nitrogens is 4. The molecule has 1 aromatic carbocycles. The van der Waals surface area contributed by atoms with Crippen molar-refractivity contribution in [3.05, 3.63) is 35.0 Å². The predicted molar refractivity (Wildman–Crippen MR) is 87.6 cm³/mol. The van der Waals surface area contributed by atoms with E-state index in [0.717, 1.165) is 25.0 Å². The van der Waals surface area contributed by atoms with Gasteiger partial charge in [0.1, 0.15) is 11.2 Å². The van der Waals surface area contributed by atoms with E-state index in [1.54, 1.807) is 6.20 Å². The van der Waals surface area contributed by atoms with Gasteiger partial charge in [-0.15, -0.1) is 0 Å². The number of H-pyrrole nitrogens is 1. The number of hydrogen-bond acceptors (Lipinski definition) is 5. The van der Waals surface area contributed by atoms with E-state index < -0.39 is 11.6 Å². The summed E-state index contributed by atoms with van der Waals surface area (Å²) in [6.07, 6.45) is 4.98. The van der Waals surface area contributed by atoms with Crippen LogP contribution < -0.4 is 10.6 Å². The van der Waals surface area contributed by atoms with Crippen LogP contribution in [0.2, 0.25) is 5.02 Å². The summed E-state index contributed by atoms with van der Waals surface area (Å²) in [5, 5.41) is 5.78. The highest BCUT2D eigenvalue weighted by Crippen LogP contribution is 2.27. The highest BCUT2D eigenvalue weighted by Gasteiger charge is 2.18. The van der Waals surface area contributed by atoms with E-state index in [-0.39, 0.29) is 16.7 Å². The Hall–Kier alpha value is -2.48. The summed E-state index contributed by atoms with van der Waals surface area (Å²) in [6, 6.07) is 2.45. The lowest BCUT2D eigenvalue weighted by Crippen LogP contribution is -2.27. The average Bonchev–Trinajstić information content (AvgIpc) is 2.88. The van der Waals surface area contributed by atoms with Crippen LogP contribution in [0.15, 0.2) is 18.3 Å². The maximum absolute atomic E-state index is 13.8. The molecule has 3 aromatic rings. The molecular weight excluding hydrogens is 338 g/mol. The number of aromatic amines is 1. The molecule has 4 rings (SSSR count). The molecule has 1 aliphatic rings. The molecule has 0 aliphatic heterocycles. The second-order valence-corrected chi connectivity index (χ2v) is 6.09. The van der Waals surface area contributed by atoms with Gasteiger partial charge >= 0.3 is 0 Å². The van der Waals surface area contributed by atoms with Gasteiger partial charge in [-0.25, -0.2) is 13.8 Å². The van der Waals surface area contributed by atoms with E-state index >= 15 is 0 Å². The number of benzene rings is 1. The number of nitrogens with one attached hydrogen (secondary N) is 3. The SMILES string of the molecule is Fc1cc(Cl)cc(F)c1Nc1nc2nc(NC3CCC3)ncc2[nH]1. The summed E-state index contributed by atoms with van der Waals surface area (Å²) in [7, 11) is 0. The normalized spacial score (nSPS) is 14.6. The van der Waals surface area contributed by atoms with E-state index in [4.69, 9.17) is 11.6 Å². The van der Waals surface area contributed by atoms with Gasteiger partial charge in [-0.2, -0.15) is 9.97 Å². The topological polar surface area (TPSA) is 78.5 Å². The van der Waals surface area contributed by atoms with Crippen molar-refractivity contribution >= 4 is 40.3 Å². The van der Waals surface area contributed by atoms with Gasteiger partial charge in [0, 0.05) is 11.1 Å². The molecule has 3 N–H and O–H groups in total. The Morgan fingerprint density at radius 3 is 2.58 bits per heavy atom. The first-order chi connectivity index (χ1) is 11.6. The molecule has 0 atom stereocenters. The zero-order chi connectivity index (χ0) is 16.7. The van der Waals surface area contributed by atoms with Crippen molar-refractivity contribution in [3.63, 3.8) is 0 Å². The number of imidazole rings is 1. The molecule has 24 heavy (non-hydrogen) atoms. The molecule has 0 radical (unpaired) electrons. The number of nitrogens with zero attached hydrogens (tertiary/aromatic N) is 3.